The van der Waals surface area contributed by atoms with E-state index in [1.54, 1.807) is 0 Å². The lowest BCUT2D eigenvalue weighted by atomic mass is 9.78. The van der Waals surface area contributed by atoms with Crippen LogP contribution in [0.3, 0.4) is 0 Å². The lowest BCUT2D eigenvalue weighted by molar-refractivity contribution is 0.191. The number of aliphatic hydroxyl groups is 1. The Bertz CT molecular complexity index is 611. The molecular formula is C22H37NO2. The standard InChI is InChI=1S/C22H37NO2/c1-20(2,3)16-12-15(19(25)17(13-16)21(4,5)6)10-11-23-18(14-24)22(7,8)9/h11-13,18,24-25H,10,14H2,1-9H3/t18-/m1/s1. The van der Waals surface area contributed by atoms with Crippen molar-refractivity contribution in [3.63, 3.8) is 0 Å². The molecule has 1 atom stereocenters. The second-order valence-electron chi connectivity index (χ2n) is 10.1. The van der Waals surface area contributed by atoms with Crippen LogP contribution in [0.4, 0.5) is 0 Å². The Morgan fingerprint density at radius 3 is 1.92 bits per heavy atom. The Morgan fingerprint density at radius 2 is 1.52 bits per heavy atom. The van der Waals surface area contributed by atoms with E-state index in [9.17, 15) is 10.2 Å². The van der Waals surface area contributed by atoms with Crippen LogP contribution in [0, 0.1) is 5.41 Å². The minimum Gasteiger partial charge on any atom is -0.507 e. The molecule has 0 spiro atoms. The van der Waals surface area contributed by atoms with Crippen LogP contribution in [-0.4, -0.2) is 29.1 Å². The summed E-state index contributed by atoms with van der Waals surface area (Å²) in [5, 5.41) is 20.3. The molecule has 0 saturated heterocycles. The summed E-state index contributed by atoms with van der Waals surface area (Å²) in [6, 6.07) is 4.08. The molecule has 3 heteroatoms. The molecule has 1 aromatic rings. The summed E-state index contributed by atoms with van der Waals surface area (Å²) in [4.78, 5) is 4.55. The maximum atomic E-state index is 10.8. The van der Waals surface area contributed by atoms with Crippen LogP contribution in [0.5, 0.6) is 5.75 Å². The smallest absolute Gasteiger partial charge is 0.122 e. The third-order valence-corrected chi connectivity index (χ3v) is 4.63. The summed E-state index contributed by atoms with van der Waals surface area (Å²) < 4.78 is 0. The van der Waals surface area contributed by atoms with Gasteiger partial charge in [0.1, 0.15) is 5.75 Å². The predicted molar refractivity (Wildman–Crippen MR) is 108 cm³/mol. The third-order valence-electron chi connectivity index (χ3n) is 4.63. The number of hydrogen-bond acceptors (Lipinski definition) is 3. The molecule has 25 heavy (non-hydrogen) atoms. The van der Waals surface area contributed by atoms with E-state index >= 15 is 0 Å². The first-order valence-corrected chi connectivity index (χ1v) is 9.17. The third kappa shape index (κ3) is 5.85. The van der Waals surface area contributed by atoms with Gasteiger partial charge >= 0.3 is 0 Å². The number of phenols is 1. The van der Waals surface area contributed by atoms with Crippen LogP contribution >= 0.6 is 0 Å². The van der Waals surface area contributed by atoms with Crippen molar-refractivity contribution >= 4 is 6.21 Å². The predicted octanol–water partition coefficient (Wildman–Crippen LogP) is 5.01. The average Bonchev–Trinajstić information content (AvgIpc) is 2.41. The summed E-state index contributed by atoms with van der Waals surface area (Å²) in [7, 11) is 0. The van der Waals surface area contributed by atoms with Gasteiger partial charge in [-0.2, -0.15) is 0 Å². The Hall–Kier alpha value is -1.35. The molecule has 0 aromatic heterocycles. The number of aliphatic hydroxyl groups excluding tert-OH is 1. The highest BCUT2D eigenvalue weighted by molar-refractivity contribution is 5.65. The number of nitrogens with zero attached hydrogens (tertiary/aromatic N) is 1. The van der Waals surface area contributed by atoms with Gasteiger partial charge in [-0.25, -0.2) is 0 Å². The second kappa shape index (κ2) is 7.49. The summed E-state index contributed by atoms with van der Waals surface area (Å²) in [5.74, 6) is 0.364. The lowest BCUT2D eigenvalue weighted by Gasteiger charge is -2.27. The van der Waals surface area contributed by atoms with Crippen LogP contribution in [0.25, 0.3) is 0 Å². The van der Waals surface area contributed by atoms with Crippen LogP contribution in [0.2, 0.25) is 0 Å². The van der Waals surface area contributed by atoms with Crippen molar-refractivity contribution < 1.29 is 10.2 Å². The highest BCUT2D eigenvalue weighted by atomic mass is 16.3. The molecule has 0 amide bonds. The number of phenolic OH excluding ortho intramolecular Hbond substituents is 1. The molecule has 0 saturated carbocycles. The Balaban J connectivity index is 3.27. The summed E-state index contributed by atoms with van der Waals surface area (Å²) in [5.41, 5.74) is 2.88. The van der Waals surface area contributed by atoms with Crippen molar-refractivity contribution in [1.29, 1.82) is 0 Å². The van der Waals surface area contributed by atoms with Gasteiger partial charge in [0.2, 0.25) is 0 Å². The molecule has 142 valence electrons. The van der Waals surface area contributed by atoms with Crippen molar-refractivity contribution in [3.8, 4) is 5.75 Å². The van der Waals surface area contributed by atoms with Crippen LogP contribution in [0.1, 0.15) is 79.0 Å². The van der Waals surface area contributed by atoms with Crippen molar-refractivity contribution in [2.75, 3.05) is 6.61 Å². The molecule has 2 N–H and O–H groups in total. The molecule has 0 aliphatic rings. The normalized spacial score (nSPS) is 15.0. The van der Waals surface area contributed by atoms with Gasteiger partial charge in [-0.05, 0) is 32.9 Å². The molecular weight excluding hydrogens is 310 g/mol. The van der Waals surface area contributed by atoms with E-state index in [4.69, 9.17) is 0 Å². The largest absolute Gasteiger partial charge is 0.507 e. The SMILES string of the molecule is CC(C)(C)c1cc(CC=N[C@H](CO)C(C)(C)C)c(O)c(C(C)(C)C)c1. The molecule has 0 aliphatic carbocycles. The molecule has 0 unspecified atom stereocenters. The number of benzene rings is 1. The minimum absolute atomic E-state index is 0.0125. The molecule has 0 fully saturated rings. The molecule has 1 rings (SSSR count). The van der Waals surface area contributed by atoms with Gasteiger partial charge in [0.25, 0.3) is 0 Å². The first kappa shape index (κ1) is 21.7. The second-order valence-corrected chi connectivity index (χ2v) is 10.1. The number of hydrogen-bond donors (Lipinski definition) is 2. The van der Waals surface area contributed by atoms with Crippen LogP contribution < -0.4 is 0 Å². The molecule has 0 bridgehead atoms. The highest BCUT2D eigenvalue weighted by Crippen LogP contribution is 2.37. The molecule has 0 heterocycles. The van der Waals surface area contributed by atoms with Gasteiger partial charge in [0, 0.05) is 12.6 Å². The highest BCUT2D eigenvalue weighted by Gasteiger charge is 2.25. The van der Waals surface area contributed by atoms with Gasteiger partial charge in [0.05, 0.1) is 12.6 Å². The summed E-state index contributed by atoms with van der Waals surface area (Å²) in [6.45, 7) is 19.2. The zero-order valence-corrected chi connectivity index (χ0v) is 17.6. The number of aromatic hydroxyl groups is 1. The molecule has 0 radical (unpaired) electrons. The fourth-order valence-corrected chi connectivity index (χ4v) is 2.68. The van der Waals surface area contributed by atoms with Gasteiger partial charge in [-0.1, -0.05) is 74.4 Å². The molecule has 1 aromatic carbocycles. The molecule has 0 aliphatic heterocycles. The number of rotatable bonds is 4. The minimum atomic E-state index is -0.137. The number of aliphatic imine (C=N–C) groups is 1. The van der Waals surface area contributed by atoms with Crippen LogP contribution in [-0.2, 0) is 17.3 Å². The maximum Gasteiger partial charge on any atom is 0.122 e. The van der Waals surface area contributed by atoms with E-state index < -0.39 is 0 Å². The van der Waals surface area contributed by atoms with Crippen molar-refractivity contribution in [2.45, 2.75) is 85.6 Å². The van der Waals surface area contributed by atoms with Crippen molar-refractivity contribution in [3.05, 3.63) is 28.8 Å². The quantitative estimate of drug-likeness (QED) is 0.752. The Morgan fingerprint density at radius 1 is 0.960 bits per heavy atom. The van der Waals surface area contributed by atoms with E-state index in [0.29, 0.717) is 12.2 Å². The van der Waals surface area contributed by atoms with Crippen molar-refractivity contribution in [2.24, 2.45) is 10.4 Å². The fraction of sp³-hybridized carbons (Fsp3) is 0.682. The van der Waals surface area contributed by atoms with Crippen LogP contribution in [0.15, 0.2) is 17.1 Å². The lowest BCUT2D eigenvalue weighted by Crippen LogP contribution is -2.28. The maximum absolute atomic E-state index is 10.8. The molecule has 3 nitrogen and oxygen atoms in total. The summed E-state index contributed by atoms with van der Waals surface area (Å²) >= 11 is 0. The topological polar surface area (TPSA) is 52.8 Å². The van der Waals surface area contributed by atoms with E-state index in [1.165, 1.54) is 5.56 Å². The first-order chi connectivity index (χ1) is 11.2. The fourth-order valence-electron chi connectivity index (χ4n) is 2.68. The van der Waals surface area contributed by atoms with Gasteiger partial charge in [0.15, 0.2) is 0 Å². The van der Waals surface area contributed by atoms with Gasteiger partial charge < -0.3 is 10.2 Å². The van der Waals surface area contributed by atoms with E-state index in [0.717, 1.165) is 11.1 Å². The van der Waals surface area contributed by atoms with E-state index in [2.05, 4.69) is 79.4 Å². The average molecular weight is 348 g/mol. The monoisotopic (exact) mass is 347 g/mol. The van der Waals surface area contributed by atoms with E-state index in [-0.39, 0.29) is 28.9 Å². The Kier molecular flexibility index (Phi) is 6.50. The zero-order valence-electron chi connectivity index (χ0n) is 17.6. The first-order valence-electron chi connectivity index (χ1n) is 9.17. The zero-order chi connectivity index (χ0) is 19.6. The van der Waals surface area contributed by atoms with E-state index in [1.807, 2.05) is 6.21 Å². The van der Waals surface area contributed by atoms with Gasteiger partial charge in [-0.3, -0.25) is 4.99 Å². The van der Waals surface area contributed by atoms with Gasteiger partial charge in [-0.15, -0.1) is 0 Å². The Labute approximate surface area is 154 Å². The van der Waals surface area contributed by atoms with Crippen molar-refractivity contribution in [1.82, 2.24) is 0 Å². The summed E-state index contributed by atoms with van der Waals surface area (Å²) in [6.07, 6.45) is 2.39.